The van der Waals surface area contributed by atoms with Crippen molar-refractivity contribution in [1.82, 2.24) is 0 Å². The molecule has 0 fully saturated rings. The minimum Gasteiger partial charge on any atom is -0.493 e. The first-order valence-corrected chi connectivity index (χ1v) is 6.01. The predicted octanol–water partition coefficient (Wildman–Crippen LogP) is 2.95. The van der Waals surface area contributed by atoms with E-state index in [0.29, 0.717) is 11.3 Å². The Hall–Kier alpha value is -0.950. The Bertz CT molecular complexity index is 378. The number of rotatable bonds is 5. The fraction of sp³-hybridized carbons (Fsp3) is 0.300. The van der Waals surface area contributed by atoms with Crippen LogP contribution in [0.1, 0.15) is 5.56 Å². The van der Waals surface area contributed by atoms with Crippen molar-refractivity contribution in [2.75, 3.05) is 12.4 Å². The third kappa shape index (κ3) is 5.78. The van der Waals surface area contributed by atoms with E-state index < -0.39 is 5.51 Å². The van der Waals surface area contributed by atoms with Crippen molar-refractivity contribution in [3.63, 3.8) is 0 Å². The molecule has 2 N–H and O–H groups in total. The monoisotopic (exact) mass is 281 g/mol. The Morgan fingerprint density at radius 2 is 1.88 bits per heavy atom. The summed E-state index contributed by atoms with van der Waals surface area (Å²) >= 11 is 4.66. The molecule has 17 heavy (non-hydrogen) atoms. The number of hydrogen-bond acceptors (Lipinski definition) is 3. The van der Waals surface area contributed by atoms with Gasteiger partial charge in [0.05, 0.1) is 6.61 Å². The van der Waals surface area contributed by atoms with Gasteiger partial charge in [-0.3, -0.25) is 0 Å². The SMILES string of the molecule is NC(=S)c1ccc(OCCSC(F)(F)F)cc1. The Morgan fingerprint density at radius 1 is 1.29 bits per heavy atom. The van der Waals surface area contributed by atoms with Crippen LogP contribution in [0.4, 0.5) is 13.2 Å². The molecule has 0 amide bonds. The van der Waals surface area contributed by atoms with Crippen LogP contribution in [0.2, 0.25) is 0 Å². The molecular weight excluding hydrogens is 271 g/mol. The topological polar surface area (TPSA) is 35.2 Å². The molecule has 0 saturated heterocycles. The highest BCUT2D eigenvalue weighted by molar-refractivity contribution is 8.00. The van der Waals surface area contributed by atoms with Crippen molar-refractivity contribution < 1.29 is 17.9 Å². The molecule has 0 aliphatic rings. The number of hydrogen-bond donors (Lipinski definition) is 1. The van der Waals surface area contributed by atoms with Crippen LogP contribution in [-0.4, -0.2) is 22.9 Å². The maximum absolute atomic E-state index is 11.8. The first-order valence-electron chi connectivity index (χ1n) is 4.62. The van der Waals surface area contributed by atoms with Crippen molar-refractivity contribution in [2.45, 2.75) is 5.51 Å². The maximum atomic E-state index is 11.8. The van der Waals surface area contributed by atoms with Crippen LogP contribution >= 0.6 is 24.0 Å². The number of alkyl halides is 3. The molecule has 0 aromatic heterocycles. The van der Waals surface area contributed by atoms with E-state index in [1.807, 2.05) is 0 Å². The third-order valence-electron chi connectivity index (χ3n) is 1.76. The summed E-state index contributed by atoms with van der Waals surface area (Å²) in [6.07, 6.45) is 0. The summed E-state index contributed by atoms with van der Waals surface area (Å²) in [4.78, 5) is 0.268. The van der Waals surface area contributed by atoms with Crippen LogP contribution in [-0.2, 0) is 0 Å². The number of benzene rings is 1. The van der Waals surface area contributed by atoms with Gasteiger partial charge in [-0.05, 0) is 36.0 Å². The van der Waals surface area contributed by atoms with Gasteiger partial charge in [0.25, 0.3) is 0 Å². The van der Waals surface area contributed by atoms with Crippen molar-refractivity contribution in [1.29, 1.82) is 0 Å². The number of halogens is 3. The Kier molecular flexibility index (Phi) is 5.07. The number of thiocarbonyl (C=S) groups is 1. The standard InChI is InChI=1S/C10H10F3NOS2/c11-10(12,13)17-6-5-15-8-3-1-7(2-4-8)9(14)16/h1-4H,5-6H2,(H2,14,16). The van der Waals surface area contributed by atoms with Gasteiger partial charge in [0, 0.05) is 11.3 Å². The summed E-state index contributed by atoms with van der Waals surface area (Å²) in [5.41, 5.74) is 1.88. The highest BCUT2D eigenvalue weighted by Crippen LogP contribution is 2.29. The molecule has 0 spiro atoms. The maximum Gasteiger partial charge on any atom is 0.441 e. The lowest BCUT2D eigenvalue weighted by atomic mass is 10.2. The second-order valence-corrected chi connectivity index (χ2v) is 4.63. The van der Waals surface area contributed by atoms with Gasteiger partial charge in [0.1, 0.15) is 10.7 Å². The van der Waals surface area contributed by atoms with E-state index in [9.17, 15) is 13.2 Å². The van der Waals surface area contributed by atoms with Crippen molar-refractivity contribution >= 4 is 29.0 Å². The molecule has 0 aliphatic carbocycles. The molecule has 1 aromatic rings. The van der Waals surface area contributed by atoms with Crippen LogP contribution in [0.3, 0.4) is 0 Å². The molecule has 7 heteroatoms. The molecular formula is C10H10F3NOS2. The van der Waals surface area contributed by atoms with Gasteiger partial charge >= 0.3 is 5.51 Å². The molecule has 2 nitrogen and oxygen atoms in total. The smallest absolute Gasteiger partial charge is 0.441 e. The van der Waals surface area contributed by atoms with E-state index in [2.05, 4.69) is 0 Å². The van der Waals surface area contributed by atoms with E-state index in [-0.39, 0.29) is 29.1 Å². The van der Waals surface area contributed by atoms with E-state index in [1.54, 1.807) is 24.3 Å². The highest BCUT2D eigenvalue weighted by atomic mass is 32.2. The van der Waals surface area contributed by atoms with Crippen molar-refractivity contribution in [2.24, 2.45) is 5.73 Å². The molecule has 0 saturated carbocycles. The second kappa shape index (κ2) is 6.11. The normalized spacial score (nSPS) is 11.2. The van der Waals surface area contributed by atoms with E-state index in [0.717, 1.165) is 0 Å². The third-order valence-corrected chi connectivity index (χ3v) is 2.69. The number of ether oxygens (including phenoxy) is 1. The number of thioether (sulfide) groups is 1. The molecule has 0 unspecified atom stereocenters. The highest BCUT2D eigenvalue weighted by Gasteiger charge is 2.27. The molecule has 0 radical (unpaired) electrons. The van der Waals surface area contributed by atoms with E-state index >= 15 is 0 Å². The van der Waals surface area contributed by atoms with Gasteiger partial charge in [-0.15, -0.1) is 0 Å². The van der Waals surface area contributed by atoms with Gasteiger partial charge in [0.2, 0.25) is 0 Å². The lowest BCUT2D eigenvalue weighted by molar-refractivity contribution is -0.0329. The molecule has 94 valence electrons. The summed E-state index contributed by atoms with van der Waals surface area (Å²) < 4.78 is 40.5. The minimum absolute atomic E-state index is 0.00338. The second-order valence-electron chi connectivity index (χ2n) is 3.03. The van der Waals surface area contributed by atoms with Gasteiger partial charge < -0.3 is 10.5 Å². The first kappa shape index (κ1) is 14.1. The van der Waals surface area contributed by atoms with Crippen LogP contribution in [0.15, 0.2) is 24.3 Å². The molecule has 0 atom stereocenters. The summed E-state index contributed by atoms with van der Waals surface area (Å²) in [6.45, 7) is -0.00338. The van der Waals surface area contributed by atoms with Crippen LogP contribution in [0, 0.1) is 0 Å². The van der Waals surface area contributed by atoms with Gasteiger partial charge in [0.15, 0.2) is 0 Å². The first-order chi connectivity index (χ1) is 7.88. The molecule has 0 heterocycles. The zero-order valence-corrected chi connectivity index (χ0v) is 10.3. The number of nitrogens with two attached hydrogens (primary N) is 1. The zero-order valence-electron chi connectivity index (χ0n) is 8.66. The van der Waals surface area contributed by atoms with Crippen LogP contribution in [0.25, 0.3) is 0 Å². The lowest BCUT2D eigenvalue weighted by Gasteiger charge is -2.08. The van der Waals surface area contributed by atoms with E-state index in [4.69, 9.17) is 22.7 Å². The Balaban J connectivity index is 2.35. The Morgan fingerprint density at radius 3 is 2.35 bits per heavy atom. The fourth-order valence-corrected chi connectivity index (χ4v) is 1.57. The van der Waals surface area contributed by atoms with Gasteiger partial charge in [-0.2, -0.15) is 13.2 Å². The molecule has 0 bridgehead atoms. The molecule has 1 rings (SSSR count). The van der Waals surface area contributed by atoms with Gasteiger partial charge in [-0.25, -0.2) is 0 Å². The van der Waals surface area contributed by atoms with Crippen molar-refractivity contribution in [3.8, 4) is 5.75 Å². The quantitative estimate of drug-likeness (QED) is 0.665. The average molecular weight is 281 g/mol. The zero-order chi connectivity index (χ0) is 12.9. The fourth-order valence-electron chi connectivity index (χ4n) is 1.03. The van der Waals surface area contributed by atoms with Gasteiger partial charge in [-0.1, -0.05) is 12.2 Å². The average Bonchev–Trinajstić information content (AvgIpc) is 2.24. The Labute approximate surface area is 106 Å². The summed E-state index contributed by atoms with van der Waals surface area (Å²) in [5, 5.41) is 0. The van der Waals surface area contributed by atoms with Crippen molar-refractivity contribution in [3.05, 3.63) is 29.8 Å². The van der Waals surface area contributed by atoms with E-state index in [1.165, 1.54) is 0 Å². The van der Waals surface area contributed by atoms with Crippen LogP contribution < -0.4 is 10.5 Å². The molecule has 0 aliphatic heterocycles. The summed E-state index contributed by atoms with van der Waals surface area (Å²) in [5.74, 6) is 0.355. The molecule has 1 aromatic carbocycles. The lowest BCUT2D eigenvalue weighted by Crippen LogP contribution is -2.09. The minimum atomic E-state index is -4.21. The summed E-state index contributed by atoms with van der Waals surface area (Å²) in [6, 6.07) is 6.56. The van der Waals surface area contributed by atoms with Crippen LogP contribution in [0.5, 0.6) is 5.75 Å². The largest absolute Gasteiger partial charge is 0.493 e. The predicted molar refractivity (Wildman–Crippen MR) is 66.3 cm³/mol. The summed E-state index contributed by atoms with van der Waals surface area (Å²) in [7, 11) is 0.